The third kappa shape index (κ3) is 4.84. The topological polar surface area (TPSA) is 72.9 Å². The number of anilines is 1. The van der Waals surface area contributed by atoms with Crippen LogP contribution in [-0.2, 0) is 4.79 Å². The van der Waals surface area contributed by atoms with Gasteiger partial charge < -0.3 is 11.1 Å². The minimum atomic E-state index is -0.00931. The zero-order valence-corrected chi connectivity index (χ0v) is 14.2. The van der Waals surface area contributed by atoms with Crippen LogP contribution < -0.4 is 11.1 Å². The van der Waals surface area contributed by atoms with E-state index in [2.05, 4.69) is 24.3 Å². The maximum atomic E-state index is 12.3. The Morgan fingerprint density at radius 2 is 1.86 bits per heavy atom. The second kappa shape index (κ2) is 7.59. The number of aromatic nitrogens is 2. The Kier molecular flexibility index (Phi) is 6.40. The van der Waals surface area contributed by atoms with Crippen molar-refractivity contribution in [3.8, 4) is 0 Å². The van der Waals surface area contributed by atoms with Crippen LogP contribution in [0.25, 0.3) is 0 Å². The summed E-state index contributed by atoms with van der Waals surface area (Å²) in [6.45, 7) is 12.1. The molecule has 3 N–H and O–H groups in total. The molecule has 0 saturated heterocycles. The van der Waals surface area contributed by atoms with Crippen molar-refractivity contribution >= 4 is 11.6 Å². The van der Waals surface area contributed by atoms with Crippen molar-refractivity contribution in [3.05, 3.63) is 11.4 Å². The normalized spacial score (nSPS) is 14.3. The number of nitrogens with one attached hydrogen (secondary N) is 1. The van der Waals surface area contributed by atoms with Crippen LogP contribution in [0.2, 0.25) is 0 Å². The number of amides is 1. The molecule has 1 amide bonds. The summed E-state index contributed by atoms with van der Waals surface area (Å²) < 4.78 is 1.95. The summed E-state index contributed by atoms with van der Waals surface area (Å²) >= 11 is 0. The van der Waals surface area contributed by atoms with Crippen LogP contribution in [0.4, 0.5) is 5.69 Å². The molecule has 1 aromatic rings. The molecule has 1 rings (SSSR count). The highest BCUT2D eigenvalue weighted by molar-refractivity contribution is 5.93. The Hall–Kier alpha value is -1.36. The lowest BCUT2D eigenvalue weighted by molar-refractivity contribution is -0.119. The van der Waals surface area contributed by atoms with Gasteiger partial charge in [-0.3, -0.25) is 9.48 Å². The Bertz CT molecular complexity index is 477. The fraction of sp³-hybridized carbons (Fsp3) is 0.750. The number of hydrogen-bond acceptors (Lipinski definition) is 3. The van der Waals surface area contributed by atoms with E-state index in [0.29, 0.717) is 0 Å². The highest BCUT2D eigenvalue weighted by Gasteiger charge is 2.19. The third-order valence-corrected chi connectivity index (χ3v) is 3.81. The van der Waals surface area contributed by atoms with Crippen LogP contribution in [0.1, 0.15) is 64.4 Å². The van der Waals surface area contributed by atoms with Crippen molar-refractivity contribution in [2.75, 3.05) is 5.32 Å². The number of carbonyl (C=O) groups excluding carboxylic acids is 1. The number of aryl methyl sites for hydroxylation is 1. The van der Waals surface area contributed by atoms with Gasteiger partial charge in [0, 0.05) is 18.0 Å². The first kappa shape index (κ1) is 17.7. The summed E-state index contributed by atoms with van der Waals surface area (Å²) in [4.78, 5) is 12.3. The van der Waals surface area contributed by atoms with Crippen LogP contribution in [-0.4, -0.2) is 21.7 Å². The Morgan fingerprint density at radius 1 is 1.24 bits per heavy atom. The first-order valence-electron chi connectivity index (χ1n) is 7.86. The van der Waals surface area contributed by atoms with Gasteiger partial charge in [0.1, 0.15) is 0 Å². The smallest absolute Gasteiger partial charge is 0.227 e. The predicted molar refractivity (Wildman–Crippen MR) is 87.4 cm³/mol. The van der Waals surface area contributed by atoms with Crippen LogP contribution in [0, 0.1) is 19.8 Å². The third-order valence-electron chi connectivity index (χ3n) is 3.81. The van der Waals surface area contributed by atoms with Crippen molar-refractivity contribution in [2.24, 2.45) is 11.7 Å². The molecule has 2 atom stereocenters. The molecule has 1 aromatic heterocycles. The molecule has 2 unspecified atom stereocenters. The molecule has 0 aliphatic carbocycles. The summed E-state index contributed by atoms with van der Waals surface area (Å²) in [6.07, 6.45) is 2.81. The first-order valence-corrected chi connectivity index (χ1v) is 7.86. The van der Waals surface area contributed by atoms with Gasteiger partial charge in [0.05, 0.1) is 17.1 Å². The standard InChI is InChI=1S/C16H30N4O/c1-10(2)20-14(6)15(13(5)19-20)18-16(21)11(3)8-7-9-12(4)17/h10-12H,7-9,17H2,1-6H3,(H,18,21). The second-order valence-corrected chi connectivity index (χ2v) is 6.38. The summed E-state index contributed by atoms with van der Waals surface area (Å²) in [5.74, 6) is 0.0548. The number of carbonyl (C=O) groups is 1. The summed E-state index contributed by atoms with van der Waals surface area (Å²) in [5.41, 5.74) is 8.48. The average molecular weight is 294 g/mol. The molecule has 0 aliphatic rings. The Labute approximate surface area is 128 Å². The van der Waals surface area contributed by atoms with Gasteiger partial charge in [-0.25, -0.2) is 0 Å². The lowest BCUT2D eigenvalue weighted by Gasteiger charge is -2.14. The SMILES string of the molecule is Cc1nn(C(C)C)c(C)c1NC(=O)C(C)CCCC(C)N. The molecular formula is C16H30N4O. The monoisotopic (exact) mass is 294 g/mol. The molecular weight excluding hydrogens is 264 g/mol. The molecule has 0 bridgehead atoms. The molecule has 120 valence electrons. The van der Waals surface area contributed by atoms with Crippen LogP contribution in [0.5, 0.6) is 0 Å². The van der Waals surface area contributed by atoms with E-state index in [4.69, 9.17) is 5.73 Å². The van der Waals surface area contributed by atoms with Gasteiger partial charge in [0.2, 0.25) is 5.91 Å². The van der Waals surface area contributed by atoms with Crippen molar-refractivity contribution in [3.63, 3.8) is 0 Å². The maximum Gasteiger partial charge on any atom is 0.227 e. The zero-order valence-electron chi connectivity index (χ0n) is 14.2. The van der Waals surface area contributed by atoms with Gasteiger partial charge in [-0.2, -0.15) is 5.10 Å². The lowest BCUT2D eigenvalue weighted by Crippen LogP contribution is -2.22. The molecule has 0 aromatic carbocycles. The molecule has 5 nitrogen and oxygen atoms in total. The van der Waals surface area contributed by atoms with E-state index in [0.717, 1.165) is 36.3 Å². The van der Waals surface area contributed by atoms with Crippen molar-refractivity contribution in [1.82, 2.24) is 9.78 Å². The number of nitrogens with two attached hydrogens (primary N) is 1. The molecule has 1 heterocycles. The first-order chi connectivity index (χ1) is 9.73. The molecule has 5 heteroatoms. The molecule has 0 spiro atoms. The van der Waals surface area contributed by atoms with Gasteiger partial charge in [-0.1, -0.05) is 13.3 Å². The molecule has 0 aliphatic heterocycles. The summed E-state index contributed by atoms with van der Waals surface area (Å²) in [6, 6.07) is 0.492. The fourth-order valence-electron chi connectivity index (χ4n) is 2.47. The quantitative estimate of drug-likeness (QED) is 0.811. The highest BCUT2D eigenvalue weighted by Crippen LogP contribution is 2.23. The summed E-state index contributed by atoms with van der Waals surface area (Å²) in [7, 11) is 0. The van der Waals surface area contributed by atoms with Crippen LogP contribution >= 0.6 is 0 Å². The lowest BCUT2D eigenvalue weighted by atomic mass is 10.0. The van der Waals surface area contributed by atoms with E-state index in [1.165, 1.54) is 0 Å². The van der Waals surface area contributed by atoms with Crippen LogP contribution in [0.3, 0.4) is 0 Å². The average Bonchev–Trinajstić information content (AvgIpc) is 2.66. The van der Waals surface area contributed by atoms with E-state index in [-0.39, 0.29) is 23.9 Å². The highest BCUT2D eigenvalue weighted by atomic mass is 16.1. The Morgan fingerprint density at radius 3 is 2.33 bits per heavy atom. The van der Waals surface area contributed by atoms with Crippen LogP contribution in [0.15, 0.2) is 0 Å². The predicted octanol–water partition coefficient (Wildman–Crippen LogP) is 3.17. The van der Waals surface area contributed by atoms with Gasteiger partial charge in [0.25, 0.3) is 0 Å². The van der Waals surface area contributed by atoms with Gasteiger partial charge in [0.15, 0.2) is 0 Å². The van der Waals surface area contributed by atoms with E-state index < -0.39 is 0 Å². The largest absolute Gasteiger partial charge is 0.328 e. The number of rotatable bonds is 7. The minimum Gasteiger partial charge on any atom is -0.328 e. The van der Waals surface area contributed by atoms with Crippen molar-refractivity contribution in [1.29, 1.82) is 0 Å². The summed E-state index contributed by atoms with van der Waals surface area (Å²) in [5, 5.41) is 7.53. The van der Waals surface area contributed by atoms with Gasteiger partial charge >= 0.3 is 0 Å². The minimum absolute atomic E-state index is 0.00931. The zero-order chi connectivity index (χ0) is 16.2. The molecule has 0 fully saturated rings. The van der Waals surface area contributed by atoms with Gasteiger partial charge in [-0.15, -0.1) is 0 Å². The fourth-order valence-corrected chi connectivity index (χ4v) is 2.47. The molecule has 0 radical (unpaired) electrons. The Balaban J connectivity index is 2.66. The van der Waals surface area contributed by atoms with Crippen molar-refractivity contribution in [2.45, 2.75) is 72.9 Å². The van der Waals surface area contributed by atoms with Gasteiger partial charge in [-0.05, 0) is 47.5 Å². The molecule has 0 saturated carbocycles. The van der Waals surface area contributed by atoms with E-state index >= 15 is 0 Å². The van der Waals surface area contributed by atoms with E-state index in [1.54, 1.807) is 0 Å². The molecule has 21 heavy (non-hydrogen) atoms. The maximum absolute atomic E-state index is 12.3. The second-order valence-electron chi connectivity index (χ2n) is 6.38. The van der Waals surface area contributed by atoms with E-state index in [1.807, 2.05) is 32.4 Å². The van der Waals surface area contributed by atoms with Crippen molar-refractivity contribution < 1.29 is 4.79 Å². The number of hydrogen-bond donors (Lipinski definition) is 2. The number of nitrogens with zero attached hydrogens (tertiary/aromatic N) is 2. The van der Waals surface area contributed by atoms with E-state index in [9.17, 15) is 4.79 Å².